The first-order chi connectivity index (χ1) is 10.2. The number of nitrogens with zero attached hydrogens (tertiary/aromatic N) is 1. The molecule has 2 aromatic carbocycles. The van der Waals surface area contributed by atoms with Crippen molar-refractivity contribution in [2.24, 2.45) is 5.92 Å². The summed E-state index contributed by atoms with van der Waals surface area (Å²) in [5.74, 6) is -0.853. The van der Waals surface area contributed by atoms with Crippen LogP contribution < -0.4 is 0 Å². The number of benzene rings is 2. The van der Waals surface area contributed by atoms with Gasteiger partial charge in [0.2, 0.25) is 0 Å². The van der Waals surface area contributed by atoms with E-state index in [1.165, 1.54) is 27.8 Å². The van der Waals surface area contributed by atoms with Crippen LogP contribution in [0, 0.1) is 5.92 Å². The zero-order chi connectivity index (χ0) is 14.4. The molecule has 3 nitrogen and oxygen atoms in total. The lowest BCUT2D eigenvalue weighted by Gasteiger charge is -2.36. The molecule has 0 radical (unpaired) electrons. The fraction of sp³-hybridized carbons (Fsp3) is 0.278. The second-order valence-corrected chi connectivity index (χ2v) is 6.05. The molecule has 0 spiro atoms. The Hall–Kier alpha value is -2.13. The molecule has 0 amide bonds. The summed E-state index contributed by atoms with van der Waals surface area (Å²) in [6.45, 7) is 2.19. The molecule has 0 bridgehead atoms. The molecule has 0 unspecified atom stereocenters. The van der Waals surface area contributed by atoms with Crippen LogP contribution in [0.1, 0.15) is 16.7 Å². The van der Waals surface area contributed by atoms with E-state index in [1.54, 1.807) is 0 Å². The molecule has 0 saturated carbocycles. The van der Waals surface area contributed by atoms with Crippen LogP contribution in [0.2, 0.25) is 0 Å². The lowest BCUT2D eigenvalue weighted by atomic mass is 9.98. The SMILES string of the molecule is O=C(O)C1CN(Cc2ccc3c(c2)-c2ccccc2C3)C1. The van der Waals surface area contributed by atoms with E-state index in [9.17, 15) is 4.79 Å². The second kappa shape index (κ2) is 4.71. The number of carbonyl (C=O) groups is 1. The number of aliphatic carboxylic acids is 1. The summed E-state index contributed by atoms with van der Waals surface area (Å²) < 4.78 is 0. The maximum absolute atomic E-state index is 10.8. The van der Waals surface area contributed by atoms with E-state index in [1.807, 2.05) is 0 Å². The van der Waals surface area contributed by atoms with Crippen LogP contribution in [-0.4, -0.2) is 29.1 Å². The number of likely N-dealkylation sites (tertiary alicyclic amines) is 1. The Morgan fingerprint density at radius 3 is 2.67 bits per heavy atom. The third-order valence-electron chi connectivity index (χ3n) is 4.58. The summed E-state index contributed by atoms with van der Waals surface area (Å²) in [5, 5.41) is 8.93. The topological polar surface area (TPSA) is 40.5 Å². The van der Waals surface area contributed by atoms with Gasteiger partial charge in [0.15, 0.2) is 0 Å². The van der Waals surface area contributed by atoms with Crippen molar-refractivity contribution in [3.8, 4) is 11.1 Å². The van der Waals surface area contributed by atoms with E-state index in [4.69, 9.17) is 5.11 Å². The van der Waals surface area contributed by atoms with Crippen molar-refractivity contribution in [3.05, 3.63) is 59.2 Å². The highest BCUT2D eigenvalue weighted by Crippen LogP contribution is 2.37. The number of fused-ring (bicyclic) bond motifs is 3. The van der Waals surface area contributed by atoms with Gasteiger partial charge >= 0.3 is 5.97 Å². The average Bonchev–Trinajstić information content (AvgIpc) is 2.80. The van der Waals surface area contributed by atoms with Crippen LogP contribution in [0.15, 0.2) is 42.5 Å². The summed E-state index contributed by atoms with van der Waals surface area (Å²) in [5.41, 5.74) is 6.76. The molecule has 0 aromatic heterocycles. The van der Waals surface area contributed by atoms with Crippen molar-refractivity contribution in [2.45, 2.75) is 13.0 Å². The van der Waals surface area contributed by atoms with Gasteiger partial charge in [0, 0.05) is 19.6 Å². The minimum atomic E-state index is -0.672. The van der Waals surface area contributed by atoms with Gasteiger partial charge in [-0.2, -0.15) is 0 Å². The predicted molar refractivity (Wildman–Crippen MR) is 81.1 cm³/mol. The first kappa shape index (κ1) is 12.6. The van der Waals surface area contributed by atoms with Crippen molar-refractivity contribution in [2.75, 3.05) is 13.1 Å². The molecular weight excluding hydrogens is 262 g/mol. The number of rotatable bonds is 3. The quantitative estimate of drug-likeness (QED) is 0.801. The lowest BCUT2D eigenvalue weighted by Crippen LogP contribution is -2.49. The number of hydrogen-bond acceptors (Lipinski definition) is 2. The third kappa shape index (κ3) is 2.14. The van der Waals surface area contributed by atoms with E-state index < -0.39 is 5.97 Å². The van der Waals surface area contributed by atoms with Crippen molar-refractivity contribution in [1.82, 2.24) is 4.90 Å². The molecule has 21 heavy (non-hydrogen) atoms. The Kier molecular flexibility index (Phi) is 2.82. The molecule has 4 rings (SSSR count). The molecular formula is C18H17NO2. The Balaban J connectivity index is 1.54. The highest BCUT2D eigenvalue weighted by molar-refractivity contribution is 5.77. The van der Waals surface area contributed by atoms with Gasteiger partial charge in [-0.05, 0) is 40.3 Å². The van der Waals surface area contributed by atoms with E-state index in [0.29, 0.717) is 13.1 Å². The van der Waals surface area contributed by atoms with Gasteiger partial charge in [0.1, 0.15) is 0 Å². The lowest BCUT2D eigenvalue weighted by molar-refractivity contribution is -0.147. The Morgan fingerprint density at radius 2 is 1.86 bits per heavy atom. The molecule has 1 saturated heterocycles. The molecule has 3 heteroatoms. The summed E-state index contributed by atoms with van der Waals surface area (Å²) in [6.07, 6.45) is 1.02. The molecule has 1 aliphatic heterocycles. The molecule has 2 aromatic rings. The molecule has 1 heterocycles. The normalized spacial score (nSPS) is 17.1. The van der Waals surface area contributed by atoms with Crippen molar-refractivity contribution < 1.29 is 9.90 Å². The fourth-order valence-corrected chi connectivity index (χ4v) is 3.38. The minimum absolute atomic E-state index is 0.180. The highest BCUT2D eigenvalue weighted by atomic mass is 16.4. The van der Waals surface area contributed by atoms with Crippen LogP contribution in [0.25, 0.3) is 11.1 Å². The predicted octanol–water partition coefficient (Wildman–Crippen LogP) is 2.77. The van der Waals surface area contributed by atoms with Gasteiger partial charge in [0.25, 0.3) is 0 Å². The second-order valence-electron chi connectivity index (χ2n) is 6.05. The Morgan fingerprint density at radius 1 is 1.10 bits per heavy atom. The maximum Gasteiger partial charge on any atom is 0.309 e. The highest BCUT2D eigenvalue weighted by Gasteiger charge is 2.32. The van der Waals surface area contributed by atoms with Crippen molar-refractivity contribution >= 4 is 5.97 Å². The van der Waals surface area contributed by atoms with E-state index in [2.05, 4.69) is 47.4 Å². The Labute approximate surface area is 123 Å². The number of carboxylic acid groups (broad SMARTS) is 1. The first-order valence-electron chi connectivity index (χ1n) is 7.36. The number of hydrogen-bond donors (Lipinski definition) is 1. The largest absolute Gasteiger partial charge is 0.481 e. The molecule has 2 aliphatic rings. The van der Waals surface area contributed by atoms with Gasteiger partial charge < -0.3 is 5.11 Å². The van der Waals surface area contributed by atoms with Crippen LogP contribution in [0.5, 0.6) is 0 Å². The van der Waals surface area contributed by atoms with Gasteiger partial charge in [-0.3, -0.25) is 9.69 Å². The van der Waals surface area contributed by atoms with Crippen LogP contribution >= 0.6 is 0 Å². The molecule has 1 fully saturated rings. The zero-order valence-electron chi connectivity index (χ0n) is 11.7. The third-order valence-corrected chi connectivity index (χ3v) is 4.58. The van der Waals surface area contributed by atoms with E-state index in [-0.39, 0.29) is 5.92 Å². The van der Waals surface area contributed by atoms with Crippen LogP contribution in [-0.2, 0) is 17.8 Å². The van der Waals surface area contributed by atoms with E-state index >= 15 is 0 Å². The Bertz CT molecular complexity index is 717. The molecule has 1 N–H and O–H groups in total. The zero-order valence-corrected chi connectivity index (χ0v) is 11.7. The number of carboxylic acids is 1. The van der Waals surface area contributed by atoms with Crippen molar-refractivity contribution in [1.29, 1.82) is 0 Å². The van der Waals surface area contributed by atoms with Gasteiger partial charge in [0.05, 0.1) is 5.92 Å². The summed E-state index contributed by atoms with van der Waals surface area (Å²) in [6, 6.07) is 15.2. The minimum Gasteiger partial charge on any atom is -0.481 e. The summed E-state index contributed by atoms with van der Waals surface area (Å²) in [4.78, 5) is 13.0. The van der Waals surface area contributed by atoms with Crippen molar-refractivity contribution in [3.63, 3.8) is 0 Å². The standard InChI is InChI=1S/C18H17NO2/c20-18(21)15-10-19(11-15)9-12-5-6-14-8-13-3-1-2-4-16(13)17(14)7-12/h1-7,15H,8-11H2,(H,20,21). The van der Waals surface area contributed by atoms with E-state index in [0.717, 1.165) is 13.0 Å². The maximum atomic E-state index is 10.8. The average molecular weight is 279 g/mol. The van der Waals surface area contributed by atoms with Gasteiger partial charge in [-0.15, -0.1) is 0 Å². The first-order valence-corrected chi connectivity index (χ1v) is 7.36. The molecule has 106 valence electrons. The van der Waals surface area contributed by atoms with Gasteiger partial charge in [-0.25, -0.2) is 0 Å². The molecule has 1 aliphatic carbocycles. The monoisotopic (exact) mass is 279 g/mol. The molecule has 0 atom stereocenters. The fourth-order valence-electron chi connectivity index (χ4n) is 3.38. The van der Waals surface area contributed by atoms with Crippen LogP contribution in [0.3, 0.4) is 0 Å². The summed E-state index contributed by atoms with van der Waals surface area (Å²) in [7, 11) is 0. The van der Waals surface area contributed by atoms with Gasteiger partial charge in [-0.1, -0.05) is 36.4 Å². The van der Waals surface area contributed by atoms with Crippen LogP contribution in [0.4, 0.5) is 0 Å². The summed E-state index contributed by atoms with van der Waals surface area (Å²) >= 11 is 0. The smallest absolute Gasteiger partial charge is 0.309 e.